The zero-order valence-corrected chi connectivity index (χ0v) is 48.7. The number of nitrogens with two attached hydrogens (primary N) is 4. The molecule has 86 heavy (non-hydrogen) atoms. The summed E-state index contributed by atoms with van der Waals surface area (Å²) in [5, 5.41) is 28.4. The zero-order chi connectivity index (χ0) is 61.1. The van der Waals surface area contributed by atoms with Crippen molar-refractivity contribution in [2.24, 2.45) is 39.8 Å². The van der Waals surface area contributed by atoms with Gasteiger partial charge in [-0.05, 0) is 150 Å². The number of piperidine rings is 2. The van der Waals surface area contributed by atoms with Crippen molar-refractivity contribution >= 4 is 59.2 Å². The number of guanidine groups is 1. The van der Waals surface area contributed by atoms with E-state index in [4.69, 9.17) is 38.9 Å². The molecule has 4 aliphatic rings. The number of nitrogens with zero attached hydrogens (tertiary/aromatic N) is 13. The van der Waals surface area contributed by atoms with E-state index in [1.165, 1.54) is 4.68 Å². The molecular formula is C59H75ClF6N18O2. The lowest BCUT2D eigenvalue weighted by Crippen LogP contribution is -2.38. The van der Waals surface area contributed by atoms with Crippen LogP contribution in [0.25, 0.3) is 0 Å². The Hall–Kier alpha value is -8.10. The molecule has 462 valence electrons. The molecule has 0 amide bonds. The largest absolute Gasteiger partial charge is 0.451 e. The fraction of sp³-hybridized carbons (Fsp3) is 0.508. The van der Waals surface area contributed by atoms with Crippen molar-refractivity contribution in [3.05, 3.63) is 113 Å². The molecule has 0 bridgehead atoms. The highest BCUT2D eigenvalue weighted by Gasteiger charge is 2.40. The summed E-state index contributed by atoms with van der Waals surface area (Å²) in [7, 11) is 0. The topological polar surface area (TPSA) is 304 Å². The summed E-state index contributed by atoms with van der Waals surface area (Å²) in [5.41, 5.74) is 24.7. The summed E-state index contributed by atoms with van der Waals surface area (Å²) >= 11 is 0. The second-order valence-corrected chi connectivity index (χ2v) is 21.6. The Morgan fingerprint density at radius 2 is 1.05 bits per heavy atom. The Morgan fingerprint density at radius 1 is 0.628 bits per heavy atom. The van der Waals surface area contributed by atoms with E-state index in [1.807, 2.05) is 34.1 Å². The van der Waals surface area contributed by atoms with Gasteiger partial charge in [-0.2, -0.15) is 42.0 Å². The predicted molar refractivity (Wildman–Crippen MR) is 319 cm³/mol. The third-order valence-electron chi connectivity index (χ3n) is 15.7. The summed E-state index contributed by atoms with van der Waals surface area (Å²) in [6, 6.07) is 22.6. The minimum Gasteiger partial charge on any atom is -0.370 e. The number of anilines is 4. The molecule has 3 aromatic heterocycles. The maximum atomic E-state index is 13.8. The molecule has 4 aliphatic heterocycles. The first-order valence-corrected chi connectivity index (χ1v) is 28.8. The van der Waals surface area contributed by atoms with Gasteiger partial charge >= 0.3 is 12.4 Å². The van der Waals surface area contributed by atoms with Crippen molar-refractivity contribution in [1.29, 1.82) is 15.9 Å². The average molecular weight is 1220 g/mol. The third kappa shape index (κ3) is 19.5. The quantitative estimate of drug-likeness (QED) is 0.0295. The van der Waals surface area contributed by atoms with Crippen LogP contribution in [0.3, 0.4) is 0 Å². The number of hydrogen-bond acceptors (Lipinski definition) is 16. The van der Waals surface area contributed by atoms with Crippen molar-refractivity contribution in [2.45, 2.75) is 127 Å². The van der Waals surface area contributed by atoms with E-state index in [2.05, 4.69) is 42.2 Å². The fourth-order valence-electron chi connectivity index (χ4n) is 11.2. The molecule has 2 aromatic carbocycles. The van der Waals surface area contributed by atoms with Crippen molar-refractivity contribution in [3.63, 3.8) is 0 Å². The van der Waals surface area contributed by atoms with Gasteiger partial charge in [-0.25, -0.2) is 24.6 Å². The smallest absolute Gasteiger partial charge is 0.370 e. The van der Waals surface area contributed by atoms with Crippen LogP contribution in [-0.2, 0) is 34.8 Å². The maximum Gasteiger partial charge on any atom is 0.451 e. The number of aryl methyl sites for hydroxylation is 2. The van der Waals surface area contributed by atoms with E-state index in [9.17, 15) is 35.9 Å². The van der Waals surface area contributed by atoms with Crippen LogP contribution in [0.1, 0.15) is 124 Å². The highest BCUT2D eigenvalue weighted by atomic mass is 35.5. The standard InChI is InChI=1S/C28H35F3N8O.C27H33F3N6O.C4H6N4.ClH/c29-28(30,31)26-36-24(38-15-11-20(12-16-38)10-13-35-27(33)34)17-25(37-26)39-14-2-4-22(39)23(40)5-1-3-19-6-8-21(18-32)9-7-19;28-27(29,30)26-33-24(35-15-11-20(10-13-31)12-16-35)17-25(34-26)36-14-2-4-22(36)23(37)5-1-3-19-6-8-21(18-32)9-7-19;5-4(6)8-3-1-2-7-8;/h6-9,17,20,22H,1-5,10-16H2,(H4,33,34,35);6-9,17,20,22H,1-5,10-16,31H2;1-3H,(H3,5,6);1H/t2*22-;;/m00../s1. The van der Waals surface area contributed by atoms with Crippen molar-refractivity contribution in [1.82, 2.24) is 29.7 Å². The summed E-state index contributed by atoms with van der Waals surface area (Å²) in [6.45, 7) is 4.46. The van der Waals surface area contributed by atoms with Crippen molar-refractivity contribution in [2.75, 3.05) is 72.0 Å². The van der Waals surface area contributed by atoms with Crippen LogP contribution in [0.15, 0.2) is 84.1 Å². The number of rotatable bonds is 19. The number of hydrogen-bond donors (Lipinski definition) is 5. The fourth-order valence-corrected chi connectivity index (χ4v) is 11.2. The Labute approximate surface area is 503 Å². The molecule has 0 spiro atoms. The monoisotopic (exact) mass is 1220 g/mol. The van der Waals surface area contributed by atoms with Gasteiger partial charge in [0.1, 0.15) is 23.3 Å². The number of nitrogens with one attached hydrogen (secondary N) is 1. The molecule has 5 aromatic rings. The van der Waals surface area contributed by atoms with Gasteiger partial charge in [-0.1, -0.05) is 24.3 Å². The van der Waals surface area contributed by atoms with Crippen LogP contribution in [0.2, 0.25) is 0 Å². The molecule has 0 saturated carbocycles. The van der Waals surface area contributed by atoms with Gasteiger partial charge in [0.25, 0.3) is 0 Å². The number of benzene rings is 2. The van der Waals surface area contributed by atoms with E-state index in [0.717, 1.165) is 56.1 Å². The highest BCUT2D eigenvalue weighted by Crippen LogP contribution is 2.37. The number of aliphatic imine (C=N–C) groups is 1. The molecular weight excluding hydrogens is 1140 g/mol. The minimum absolute atomic E-state index is 0. The maximum absolute atomic E-state index is 13.8. The van der Waals surface area contributed by atoms with Gasteiger partial charge in [0.15, 0.2) is 17.5 Å². The molecule has 7 heterocycles. The Bertz CT molecular complexity index is 3100. The van der Waals surface area contributed by atoms with Gasteiger partial charge in [-0.15, -0.1) is 12.4 Å². The molecule has 2 atom stereocenters. The van der Waals surface area contributed by atoms with Crippen LogP contribution in [0.4, 0.5) is 49.6 Å². The first-order chi connectivity index (χ1) is 40.7. The van der Waals surface area contributed by atoms with Gasteiger partial charge in [0, 0.05) is 83.2 Å². The number of Topliss-reactive ketones (excluding diaryl/α,β-unsaturated/α-hetero) is 2. The zero-order valence-electron chi connectivity index (χ0n) is 47.9. The van der Waals surface area contributed by atoms with Crippen LogP contribution in [-0.4, -0.2) is 118 Å². The number of alkyl halides is 6. The molecule has 4 saturated heterocycles. The molecule has 0 unspecified atom stereocenters. The molecule has 4 fully saturated rings. The summed E-state index contributed by atoms with van der Waals surface area (Å²) in [6.07, 6.45) is 4.74. The molecule has 20 nitrogen and oxygen atoms in total. The van der Waals surface area contributed by atoms with Crippen molar-refractivity contribution in [3.8, 4) is 12.1 Å². The Morgan fingerprint density at radius 3 is 1.40 bits per heavy atom. The van der Waals surface area contributed by atoms with Gasteiger partial charge in [0.2, 0.25) is 17.6 Å². The second kappa shape index (κ2) is 31.9. The molecule has 9 rings (SSSR count). The van der Waals surface area contributed by atoms with Crippen LogP contribution < -0.4 is 42.5 Å². The average Bonchev–Trinajstić information content (AvgIpc) is 3.13. The van der Waals surface area contributed by atoms with Crippen LogP contribution >= 0.6 is 12.4 Å². The number of carbonyl (C=O) groups excluding carboxylic acids is 2. The Kier molecular flexibility index (Phi) is 24.8. The minimum atomic E-state index is -4.70. The van der Waals surface area contributed by atoms with E-state index in [1.54, 1.807) is 64.7 Å². The van der Waals surface area contributed by atoms with Gasteiger partial charge in [-0.3, -0.25) is 20.0 Å². The van der Waals surface area contributed by atoms with E-state index >= 15 is 0 Å². The molecule has 27 heteroatoms. The highest BCUT2D eigenvalue weighted by molar-refractivity contribution is 5.88. The number of ketones is 2. The second-order valence-electron chi connectivity index (χ2n) is 21.6. The Balaban J connectivity index is 0.000000241. The summed E-state index contributed by atoms with van der Waals surface area (Å²) in [4.78, 5) is 53.0. The summed E-state index contributed by atoms with van der Waals surface area (Å²) in [5.74, 6) is -0.658. The number of aromatic nitrogens is 6. The van der Waals surface area contributed by atoms with Gasteiger partial charge < -0.3 is 42.5 Å². The van der Waals surface area contributed by atoms with Crippen LogP contribution in [0.5, 0.6) is 0 Å². The van der Waals surface area contributed by atoms with Gasteiger partial charge in [0.05, 0.1) is 35.3 Å². The molecule has 0 radical (unpaired) electrons. The lowest BCUT2D eigenvalue weighted by molar-refractivity contribution is -0.145. The number of nitrogen functional groups attached to an aromatic ring is 1. The van der Waals surface area contributed by atoms with E-state index in [0.29, 0.717) is 133 Å². The van der Waals surface area contributed by atoms with Crippen molar-refractivity contribution < 1.29 is 35.9 Å². The normalized spacial score (nSPS) is 17.3. The third-order valence-corrected chi connectivity index (χ3v) is 15.7. The number of halogens is 7. The molecule has 0 aliphatic carbocycles. The first-order valence-electron chi connectivity index (χ1n) is 28.8. The lowest BCUT2D eigenvalue weighted by Gasteiger charge is -2.34. The van der Waals surface area contributed by atoms with E-state index in [-0.39, 0.29) is 59.2 Å². The lowest BCUT2D eigenvalue weighted by atomic mass is 9.93. The van der Waals surface area contributed by atoms with Crippen LogP contribution in [0, 0.1) is 39.9 Å². The SMILES string of the molecule is Cl.N#Cc1ccc(CCCC(=O)[C@@H]2CCCN2c2cc(N3CCC(CCN)CC3)nc(C(F)(F)F)n2)cc1.N#Cc1ccc(CCCC(=O)[C@@H]2CCCN2c2cc(N3CCC(CCN=C(N)N)CC3)nc(C(F)(F)F)n2)cc1.N=C(N)n1cccn1. The van der Waals surface area contributed by atoms with E-state index < -0.39 is 36.1 Å². The number of nitriles is 2. The molecule has 9 N–H and O–H groups in total. The number of carbonyl (C=O) groups is 2. The predicted octanol–water partition coefficient (Wildman–Crippen LogP) is 8.35. The first kappa shape index (κ1) is 67.0. The summed E-state index contributed by atoms with van der Waals surface area (Å²) < 4.78 is 83.9.